The number of hydrogen-bond acceptors (Lipinski definition) is 2. The van der Waals surface area contributed by atoms with Gasteiger partial charge < -0.3 is 5.32 Å². The second-order valence-corrected chi connectivity index (χ2v) is 3.41. The molecule has 0 amide bonds. The molecule has 0 aromatic carbocycles. The van der Waals surface area contributed by atoms with Gasteiger partial charge in [0.15, 0.2) is 0 Å². The molecule has 2 heterocycles. The molecule has 1 aromatic heterocycles. The summed E-state index contributed by atoms with van der Waals surface area (Å²) in [6, 6.07) is 2.63. The van der Waals surface area contributed by atoms with E-state index in [4.69, 9.17) is 0 Å². The summed E-state index contributed by atoms with van der Waals surface area (Å²) in [4.78, 5) is 0. The molecule has 0 saturated heterocycles. The lowest BCUT2D eigenvalue weighted by Gasteiger charge is -2.14. The van der Waals surface area contributed by atoms with Gasteiger partial charge in [0.25, 0.3) is 0 Å². The lowest BCUT2D eigenvalue weighted by molar-refractivity contribution is 1.00. The van der Waals surface area contributed by atoms with Crippen LogP contribution in [0.25, 0.3) is 6.08 Å². The number of hydrogen-bond donors (Lipinski definition) is 1. The monoisotopic (exact) mass is 151 g/mol. The first-order valence-corrected chi connectivity index (χ1v) is 4.26. The Morgan fingerprint density at radius 1 is 1.60 bits per heavy atom. The molecule has 1 N–H and O–H groups in total. The van der Waals surface area contributed by atoms with Crippen molar-refractivity contribution in [1.82, 2.24) is 0 Å². The van der Waals surface area contributed by atoms with Crippen molar-refractivity contribution in [3.63, 3.8) is 0 Å². The van der Waals surface area contributed by atoms with E-state index in [1.807, 2.05) is 0 Å². The lowest BCUT2D eigenvalue weighted by atomic mass is 10.2. The van der Waals surface area contributed by atoms with Gasteiger partial charge in [-0.3, -0.25) is 0 Å². The van der Waals surface area contributed by atoms with Gasteiger partial charge in [-0.2, -0.15) is 0 Å². The Balaban J connectivity index is 2.43. The minimum absolute atomic E-state index is 0.492. The first kappa shape index (κ1) is 5.98. The predicted molar refractivity (Wildman–Crippen MR) is 46.4 cm³/mol. The first-order valence-electron chi connectivity index (χ1n) is 3.38. The van der Waals surface area contributed by atoms with Crippen LogP contribution in [0, 0.1) is 0 Å². The van der Waals surface area contributed by atoms with Crippen LogP contribution < -0.4 is 5.32 Å². The highest BCUT2D eigenvalue weighted by molar-refractivity contribution is 7.14. The van der Waals surface area contributed by atoms with Gasteiger partial charge in [0.05, 0.1) is 5.00 Å². The maximum absolute atomic E-state index is 3.37. The van der Waals surface area contributed by atoms with Gasteiger partial charge >= 0.3 is 0 Å². The fourth-order valence-electron chi connectivity index (χ4n) is 1.07. The summed E-state index contributed by atoms with van der Waals surface area (Å²) in [6.07, 6.45) is 4.35. The quantitative estimate of drug-likeness (QED) is 0.601. The number of thiophene rings is 1. The maximum atomic E-state index is 3.37. The molecule has 52 valence electrons. The Hall–Kier alpha value is -0.760. The highest BCUT2D eigenvalue weighted by Gasteiger charge is 2.07. The van der Waals surface area contributed by atoms with Crippen molar-refractivity contribution in [3.8, 4) is 0 Å². The Morgan fingerprint density at radius 2 is 2.50 bits per heavy atom. The molecule has 0 fully saturated rings. The average Bonchev–Trinajstić information content (AvgIpc) is 2.33. The SMILES string of the molecule is CC1C=Cc2ccsc2N1. The highest BCUT2D eigenvalue weighted by atomic mass is 32.1. The van der Waals surface area contributed by atoms with Crippen LogP contribution in [0.4, 0.5) is 5.00 Å². The summed E-state index contributed by atoms with van der Waals surface area (Å²) >= 11 is 1.77. The Bertz CT molecular complexity index is 262. The number of nitrogens with one attached hydrogen (secondary N) is 1. The van der Waals surface area contributed by atoms with Crippen LogP contribution in [0.2, 0.25) is 0 Å². The van der Waals surface area contributed by atoms with Crippen molar-refractivity contribution in [2.24, 2.45) is 0 Å². The molecule has 0 saturated carbocycles. The summed E-state index contributed by atoms with van der Waals surface area (Å²) < 4.78 is 0. The van der Waals surface area contributed by atoms with Crippen molar-refractivity contribution in [1.29, 1.82) is 0 Å². The third-order valence-electron chi connectivity index (χ3n) is 1.62. The molecule has 0 aliphatic carbocycles. The third kappa shape index (κ3) is 0.847. The van der Waals surface area contributed by atoms with Gasteiger partial charge in [-0.25, -0.2) is 0 Å². The van der Waals surface area contributed by atoms with E-state index in [9.17, 15) is 0 Å². The topological polar surface area (TPSA) is 12.0 Å². The molecular formula is C8H9NS. The summed E-state index contributed by atoms with van der Waals surface area (Å²) in [5.41, 5.74) is 1.32. The van der Waals surface area contributed by atoms with Gasteiger partial charge in [0.2, 0.25) is 0 Å². The van der Waals surface area contributed by atoms with Crippen LogP contribution >= 0.6 is 11.3 Å². The standard InChI is InChI=1S/C8H9NS/c1-6-2-3-7-4-5-10-8(7)9-6/h2-6,9H,1H3. The zero-order chi connectivity index (χ0) is 6.97. The molecule has 1 unspecified atom stereocenters. The van der Waals surface area contributed by atoms with Gasteiger partial charge in [-0.1, -0.05) is 12.2 Å². The van der Waals surface area contributed by atoms with Crippen LogP contribution in [0.5, 0.6) is 0 Å². The summed E-state index contributed by atoms with van der Waals surface area (Å²) in [5.74, 6) is 0. The first-order chi connectivity index (χ1) is 4.86. The Morgan fingerprint density at radius 3 is 3.40 bits per heavy atom. The molecule has 1 nitrogen and oxygen atoms in total. The molecule has 0 bridgehead atoms. The molecule has 1 aliphatic heterocycles. The van der Waals surface area contributed by atoms with Crippen molar-refractivity contribution in [3.05, 3.63) is 23.1 Å². The summed E-state index contributed by atoms with van der Waals surface area (Å²) in [5, 5.41) is 6.78. The molecule has 2 rings (SSSR count). The lowest BCUT2D eigenvalue weighted by Crippen LogP contribution is -2.13. The van der Waals surface area contributed by atoms with Crippen LogP contribution in [0.1, 0.15) is 12.5 Å². The second-order valence-electron chi connectivity index (χ2n) is 2.50. The van der Waals surface area contributed by atoms with Crippen molar-refractivity contribution < 1.29 is 0 Å². The molecule has 1 aliphatic rings. The van der Waals surface area contributed by atoms with Crippen LogP contribution in [0.3, 0.4) is 0 Å². The van der Waals surface area contributed by atoms with E-state index >= 15 is 0 Å². The van der Waals surface area contributed by atoms with Crippen LogP contribution in [-0.2, 0) is 0 Å². The minimum atomic E-state index is 0.492. The predicted octanol–water partition coefficient (Wildman–Crippen LogP) is 2.58. The minimum Gasteiger partial charge on any atom is -0.371 e. The fraction of sp³-hybridized carbons (Fsp3) is 0.250. The van der Waals surface area contributed by atoms with Gasteiger partial charge in [0, 0.05) is 11.6 Å². The van der Waals surface area contributed by atoms with E-state index in [0.29, 0.717) is 6.04 Å². The van der Waals surface area contributed by atoms with Crippen molar-refractivity contribution in [2.45, 2.75) is 13.0 Å². The highest BCUT2D eigenvalue weighted by Crippen LogP contribution is 2.28. The number of fused-ring (bicyclic) bond motifs is 1. The molecular weight excluding hydrogens is 142 g/mol. The van der Waals surface area contributed by atoms with Gasteiger partial charge in [0.1, 0.15) is 0 Å². The average molecular weight is 151 g/mol. The smallest absolute Gasteiger partial charge is 0.0960 e. The van der Waals surface area contributed by atoms with E-state index < -0.39 is 0 Å². The summed E-state index contributed by atoms with van der Waals surface area (Å²) in [6.45, 7) is 2.15. The number of rotatable bonds is 0. The molecule has 2 heteroatoms. The molecule has 0 spiro atoms. The third-order valence-corrected chi connectivity index (χ3v) is 2.48. The summed E-state index contributed by atoms with van der Waals surface area (Å²) in [7, 11) is 0. The molecule has 0 radical (unpaired) electrons. The van der Waals surface area contributed by atoms with E-state index in [1.54, 1.807) is 11.3 Å². The Labute approximate surface area is 64.4 Å². The largest absolute Gasteiger partial charge is 0.371 e. The van der Waals surface area contributed by atoms with Gasteiger partial charge in [-0.05, 0) is 18.4 Å². The molecule has 1 atom stereocenters. The zero-order valence-corrected chi connectivity index (χ0v) is 6.61. The maximum Gasteiger partial charge on any atom is 0.0960 e. The van der Waals surface area contributed by atoms with E-state index in [1.165, 1.54) is 10.6 Å². The van der Waals surface area contributed by atoms with Crippen LogP contribution in [-0.4, -0.2) is 6.04 Å². The van der Waals surface area contributed by atoms with Gasteiger partial charge in [-0.15, -0.1) is 11.3 Å². The second kappa shape index (κ2) is 2.13. The molecule has 1 aromatic rings. The molecule has 10 heavy (non-hydrogen) atoms. The zero-order valence-electron chi connectivity index (χ0n) is 5.79. The normalized spacial score (nSPS) is 21.9. The fourth-order valence-corrected chi connectivity index (χ4v) is 1.95. The van der Waals surface area contributed by atoms with E-state index in [0.717, 1.165) is 0 Å². The van der Waals surface area contributed by atoms with Crippen molar-refractivity contribution in [2.75, 3.05) is 5.32 Å². The van der Waals surface area contributed by atoms with E-state index in [2.05, 4.69) is 35.8 Å². The van der Waals surface area contributed by atoms with E-state index in [-0.39, 0.29) is 0 Å². The van der Waals surface area contributed by atoms with Crippen molar-refractivity contribution >= 4 is 22.4 Å². The van der Waals surface area contributed by atoms with Crippen LogP contribution in [0.15, 0.2) is 17.5 Å². The Kier molecular flexibility index (Phi) is 1.27. The number of anilines is 1.